The van der Waals surface area contributed by atoms with E-state index in [4.69, 9.17) is 34.4 Å². The van der Waals surface area contributed by atoms with Crippen molar-refractivity contribution in [1.82, 2.24) is 0 Å². The van der Waals surface area contributed by atoms with Crippen LogP contribution in [0.4, 0.5) is 0 Å². The first-order valence-corrected chi connectivity index (χ1v) is 2.41. The minimum absolute atomic E-state index is 1.33. The van der Waals surface area contributed by atoms with Crippen LogP contribution in [0.5, 0.6) is 0 Å². The molecule has 0 N–H and O–H groups in total. The number of rotatable bonds is 0. The molecule has 0 fully saturated rings. The van der Waals surface area contributed by atoms with Gasteiger partial charge in [-0.2, -0.15) is 0 Å². The summed E-state index contributed by atoms with van der Waals surface area (Å²) in [5.41, 5.74) is 0. The monoisotopic (exact) mass is 117 g/mol. The van der Waals surface area contributed by atoms with Gasteiger partial charge in [0.1, 0.15) is 0 Å². The molecule has 0 radical (unpaired) electrons. The molecule has 0 rings (SSSR count). The van der Waals surface area contributed by atoms with Gasteiger partial charge in [-0.05, 0) is 0 Å². The van der Waals surface area contributed by atoms with E-state index < -0.39 is 4.96 Å². The van der Waals surface area contributed by atoms with Crippen LogP contribution in [0.2, 0.25) is 0 Å². The lowest BCUT2D eigenvalue weighted by Crippen LogP contribution is -1.66. The summed E-state index contributed by atoms with van der Waals surface area (Å²) in [7, 11) is 0. The number of halogens is 3. The third-order valence-corrected chi connectivity index (χ3v) is 0. The molecule has 0 bridgehead atoms. The van der Waals surface area contributed by atoms with E-state index >= 15 is 0 Å². The molecule has 4 heavy (non-hydrogen) atoms. The Kier molecular flexibility index (Phi) is 2.70. The van der Waals surface area contributed by atoms with Crippen molar-refractivity contribution in [2.45, 2.75) is 0 Å². The second-order valence-corrected chi connectivity index (χ2v) is 2.73. The van der Waals surface area contributed by atoms with Crippen LogP contribution in [0.3, 0.4) is 0 Å². The second kappa shape index (κ2) is 2.19. The van der Waals surface area contributed by atoms with E-state index in [-0.39, 0.29) is 0 Å². The smallest absolute Gasteiger partial charge is 0.228 e. The molecule has 0 nitrogen and oxygen atoms in total. The second-order valence-electron chi connectivity index (χ2n) is 0.303. The average Bonchev–Trinajstić information content (AvgIpc) is 0.811. The predicted octanol–water partition coefficient (Wildman–Crippen LogP) is 1.42. The van der Waals surface area contributed by atoms with Crippen molar-refractivity contribution in [2.75, 3.05) is 0 Å². The van der Waals surface area contributed by atoms with Gasteiger partial charge in [-0.1, -0.05) is 0 Å². The van der Waals surface area contributed by atoms with E-state index in [1.165, 1.54) is 0 Å². The van der Waals surface area contributed by atoms with Crippen molar-refractivity contribution in [3.05, 3.63) is 0 Å². The summed E-state index contributed by atoms with van der Waals surface area (Å²) < 4.78 is 0. The van der Waals surface area contributed by atoms with Gasteiger partial charge >= 0.3 is 0 Å². The molecule has 0 aromatic rings. The van der Waals surface area contributed by atoms with E-state index in [2.05, 4.69) is 0 Å². The summed E-state index contributed by atoms with van der Waals surface area (Å²) in [6, 6.07) is 0. The molecule has 4 heteroatoms. The minimum Gasteiger partial charge on any atom is -0.352 e. The van der Waals surface area contributed by atoms with Crippen molar-refractivity contribution < 1.29 is 0 Å². The van der Waals surface area contributed by atoms with Crippen LogP contribution >= 0.6 is 34.4 Å². The number of hydrogen-bond acceptors (Lipinski definition) is 0. The standard InChI is InChI=1S/BCl3H/c2-1(3)4/h1H/q-1. The highest BCUT2D eigenvalue weighted by Crippen LogP contribution is 1.97. The SMILES string of the molecule is Cl[BH-](Cl)Cl. The van der Waals surface area contributed by atoms with Gasteiger partial charge in [0.2, 0.25) is 4.96 Å². The Morgan fingerprint density at radius 1 is 1.00 bits per heavy atom. The summed E-state index contributed by atoms with van der Waals surface area (Å²) >= 11 is 14.7. The van der Waals surface area contributed by atoms with Gasteiger partial charge in [-0.25, -0.2) is 0 Å². The van der Waals surface area contributed by atoms with Gasteiger partial charge in [-0.15, -0.1) is 0 Å². The molecule has 0 atom stereocenters. The summed E-state index contributed by atoms with van der Waals surface area (Å²) in [4.78, 5) is -1.33. The molecule has 0 aliphatic carbocycles. The maximum absolute atomic E-state index is 4.89. The fourth-order valence-corrected chi connectivity index (χ4v) is 0. The zero-order valence-electron chi connectivity index (χ0n) is 1.84. The Labute approximate surface area is 39.9 Å². The topological polar surface area (TPSA) is 0 Å². The molecule has 0 aromatic carbocycles. The lowest BCUT2D eigenvalue weighted by Gasteiger charge is -1.82. The molecule has 0 spiro atoms. The van der Waals surface area contributed by atoms with Gasteiger partial charge in [0.25, 0.3) is 0 Å². The lowest BCUT2D eigenvalue weighted by atomic mass is 10.7. The fraction of sp³-hybridized carbons (Fsp3) is 0. The first-order chi connectivity index (χ1) is 1.73. The summed E-state index contributed by atoms with van der Waals surface area (Å²) in [5, 5.41) is 0. The van der Waals surface area contributed by atoms with Gasteiger partial charge in [0, 0.05) is 0 Å². The maximum atomic E-state index is 4.89. The van der Waals surface area contributed by atoms with Crippen LogP contribution in [-0.4, -0.2) is 4.96 Å². The van der Waals surface area contributed by atoms with Gasteiger partial charge in [0.15, 0.2) is 0 Å². The highest BCUT2D eigenvalue weighted by Gasteiger charge is 1.70. The van der Waals surface area contributed by atoms with Crippen molar-refractivity contribution in [2.24, 2.45) is 0 Å². The predicted molar refractivity (Wildman–Crippen MR) is 24.7 cm³/mol. The quantitative estimate of drug-likeness (QED) is 0.422. The van der Waals surface area contributed by atoms with Crippen LogP contribution in [-0.2, 0) is 0 Å². The van der Waals surface area contributed by atoms with E-state index in [9.17, 15) is 0 Å². The molecular formula is HBCl3-. The highest BCUT2D eigenvalue weighted by molar-refractivity contribution is 7.54. The number of hydrogen-bond donors (Lipinski definition) is 0. The largest absolute Gasteiger partial charge is 0.352 e. The summed E-state index contributed by atoms with van der Waals surface area (Å²) in [6.45, 7) is 0. The Morgan fingerprint density at radius 3 is 1.00 bits per heavy atom. The van der Waals surface area contributed by atoms with Crippen LogP contribution in [0.1, 0.15) is 0 Å². The van der Waals surface area contributed by atoms with Gasteiger partial charge < -0.3 is 34.4 Å². The highest BCUT2D eigenvalue weighted by atomic mass is 35.6. The zero-order valence-corrected chi connectivity index (χ0v) is 4.11. The van der Waals surface area contributed by atoms with Crippen LogP contribution in [0.25, 0.3) is 0 Å². The molecule has 0 saturated carbocycles. The Balaban J connectivity index is 2.32. The van der Waals surface area contributed by atoms with E-state index in [0.29, 0.717) is 0 Å². The summed E-state index contributed by atoms with van der Waals surface area (Å²) in [6.07, 6.45) is 0. The third-order valence-electron chi connectivity index (χ3n) is 0. The maximum Gasteiger partial charge on any atom is 0.228 e. The Hall–Kier alpha value is 0.935. The molecule has 0 aromatic heterocycles. The van der Waals surface area contributed by atoms with Crippen LogP contribution in [0.15, 0.2) is 0 Å². The van der Waals surface area contributed by atoms with Crippen LogP contribution in [0, 0.1) is 0 Å². The van der Waals surface area contributed by atoms with E-state index in [1.54, 1.807) is 0 Å². The molecule has 0 aliphatic rings. The molecule has 0 amide bonds. The summed E-state index contributed by atoms with van der Waals surface area (Å²) in [5.74, 6) is 0. The molecule has 0 aliphatic heterocycles. The normalized spacial score (nSPS) is 9.00. The van der Waals surface area contributed by atoms with Gasteiger partial charge in [-0.3, -0.25) is 0 Å². The molecule has 0 heterocycles. The van der Waals surface area contributed by atoms with Crippen molar-refractivity contribution in [3.63, 3.8) is 0 Å². The van der Waals surface area contributed by atoms with E-state index in [1.807, 2.05) is 0 Å². The zero-order chi connectivity index (χ0) is 3.58. The van der Waals surface area contributed by atoms with Crippen molar-refractivity contribution >= 4 is 39.3 Å². The first-order valence-electron chi connectivity index (χ1n) is 0.802. The Bertz CT molecular complexity index is 8.00. The van der Waals surface area contributed by atoms with E-state index in [0.717, 1.165) is 0 Å². The lowest BCUT2D eigenvalue weighted by molar-refractivity contribution is 4.07. The molecular weight excluding hydrogens is 117 g/mol. The van der Waals surface area contributed by atoms with Crippen molar-refractivity contribution in [1.29, 1.82) is 0 Å². The van der Waals surface area contributed by atoms with Crippen molar-refractivity contribution in [3.8, 4) is 0 Å². The molecule has 0 unspecified atom stereocenters. The average molecular weight is 118 g/mol. The molecule has 0 saturated heterocycles. The Morgan fingerprint density at radius 2 is 1.00 bits per heavy atom. The first kappa shape index (κ1) is 4.93. The van der Waals surface area contributed by atoms with Crippen LogP contribution < -0.4 is 0 Å². The minimum atomic E-state index is -1.33. The molecule has 26 valence electrons. The fourth-order valence-electron chi connectivity index (χ4n) is 0. The third kappa shape index (κ3) is 12.6. The van der Waals surface area contributed by atoms with Gasteiger partial charge in [0.05, 0.1) is 0 Å².